The number of carbonyl (C=O) groups excluding carboxylic acids is 2. The molecule has 33 heavy (non-hydrogen) atoms. The molecule has 0 N–H and O–H groups in total. The van der Waals surface area contributed by atoms with Gasteiger partial charge in [-0.25, -0.2) is 4.98 Å². The van der Waals surface area contributed by atoms with Crippen molar-refractivity contribution in [3.8, 4) is 6.07 Å². The van der Waals surface area contributed by atoms with Crippen LogP contribution in [0.4, 0.5) is 30.4 Å². The Bertz CT molecular complexity index is 1170. The highest BCUT2D eigenvalue weighted by Gasteiger charge is 2.49. The second-order valence-corrected chi connectivity index (χ2v) is 8.40. The highest BCUT2D eigenvalue weighted by atomic mass is 19.4. The van der Waals surface area contributed by atoms with Crippen molar-refractivity contribution in [1.29, 1.82) is 5.26 Å². The maximum Gasteiger partial charge on any atom is 0.416 e. The number of aryl methyl sites for hydroxylation is 2. The van der Waals surface area contributed by atoms with Gasteiger partial charge in [0.25, 0.3) is 0 Å². The van der Waals surface area contributed by atoms with Crippen molar-refractivity contribution in [2.75, 3.05) is 34.8 Å². The van der Waals surface area contributed by atoms with Crippen molar-refractivity contribution in [2.24, 2.45) is 5.92 Å². The first kappa shape index (κ1) is 22.6. The van der Waals surface area contributed by atoms with E-state index in [1.807, 2.05) is 17.9 Å². The molecule has 2 amide bonds. The summed E-state index contributed by atoms with van der Waals surface area (Å²) in [6.45, 7) is 3.56. The molecule has 0 bridgehead atoms. The fraction of sp³-hybridized carbons (Fsp3) is 0.391. The third-order valence-corrected chi connectivity index (χ3v) is 6.14. The molecule has 0 aliphatic carbocycles. The molecule has 172 valence electrons. The van der Waals surface area contributed by atoms with E-state index in [2.05, 4.69) is 11.1 Å². The molecule has 2 aliphatic heterocycles. The van der Waals surface area contributed by atoms with Gasteiger partial charge in [-0.2, -0.15) is 18.4 Å². The average molecular weight is 457 g/mol. The van der Waals surface area contributed by atoms with E-state index in [-0.39, 0.29) is 31.0 Å². The van der Waals surface area contributed by atoms with Crippen LogP contribution >= 0.6 is 0 Å². The van der Waals surface area contributed by atoms with Gasteiger partial charge in [-0.3, -0.25) is 14.5 Å². The Hall–Kier alpha value is -3.61. The van der Waals surface area contributed by atoms with Gasteiger partial charge in [-0.1, -0.05) is 12.1 Å². The lowest BCUT2D eigenvalue weighted by Gasteiger charge is -2.38. The van der Waals surface area contributed by atoms with Crippen LogP contribution in [0.5, 0.6) is 0 Å². The summed E-state index contributed by atoms with van der Waals surface area (Å²) < 4.78 is 40.3. The van der Waals surface area contributed by atoms with Crippen LogP contribution in [0.25, 0.3) is 0 Å². The lowest BCUT2D eigenvalue weighted by molar-refractivity contribution is -0.137. The summed E-state index contributed by atoms with van der Waals surface area (Å²) in [6.07, 6.45) is -4.66. The number of fused-ring (bicyclic) bond motifs is 2. The lowest BCUT2D eigenvalue weighted by atomic mass is 9.95. The minimum atomic E-state index is -4.62. The van der Waals surface area contributed by atoms with Gasteiger partial charge in [0, 0.05) is 31.6 Å². The Balaban J connectivity index is 1.84. The fourth-order valence-electron chi connectivity index (χ4n) is 4.73. The van der Waals surface area contributed by atoms with Gasteiger partial charge in [0.15, 0.2) is 0 Å². The topological polar surface area (TPSA) is 80.5 Å². The summed E-state index contributed by atoms with van der Waals surface area (Å²) in [5.41, 5.74) is 1.33. The number of pyridine rings is 1. The first-order valence-corrected chi connectivity index (χ1v) is 10.4. The van der Waals surface area contributed by atoms with Crippen molar-refractivity contribution >= 4 is 29.0 Å². The van der Waals surface area contributed by atoms with Crippen molar-refractivity contribution in [3.05, 3.63) is 47.2 Å². The minimum absolute atomic E-state index is 0.0373. The molecule has 3 heterocycles. The summed E-state index contributed by atoms with van der Waals surface area (Å²) in [4.78, 5) is 35.2. The number of carbonyl (C=O) groups is 2. The van der Waals surface area contributed by atoms with Crippen LogP contribution in [0.15, 0.2) is 30.3 Å². The summed E-state index contributed by atoms with van der Waals surface area (Å²) in [6, 6.07) is 8.23. The Kier molecular flexibility index (Phi) is 5.52. The van der Waals surface area contributed by atoms with Crippen LogP contribution < -0.4 is 14.7 Å². The number of amides is 2. The van der Waals surface area contributed by atoms with Crippen molar-refractivity contribution in [1.82, 2.24) is 4.98 Å². The van der Waals surface area contributed by atoms with E-state index < -0.39 is 35.5 Å². The average Bonchev–Trinajstić information content (AvgIpc) is 3.06. The molecule has 4 rings (SSSR count). The van der Waals surface area contributed by atoms with Crippen LogP contribution in [-0.2, 0) is 15.8 Å². The molecule has 2 aromatic rings. The molecule has 0 radical (unpaired) electrons. The molecule has 1 aromatic heterocycles. The molecule has 1 aromatic carbocycles. The molecule has 1 fully saturated rings. The summed E-state index contributed by atoms with van der Waals surface area (Å²) in [5.74, 6) is -1.60. The van der Waals surface area contributed by atoms with E-state index in [9.17, 15) is 28.0 Å². The van der Waals surface area contributed by atoms with E-state index in [1.165, 1.54) is 11.8 Å². The monoisotopic (exact) mass is 457 g/mol. The smallest absolute Gasteiger partial charge is 0.356 e. The zero-order valence-electron chi connectivity index (χ0n) is 18.3. The number of hydrogen-bond acceptors (Lipinski definition) is 5. The SMILES string of the molecule is Cc1cc(C(F)(F)F)cc(N2C(=O)C[C@@H]3CN(CC#N)c4c(C)cccc4N(C)C(=O)[C@H]32)n1. The molecule has 0 saturated carbocycles. The first-order valence-electron chi connectivity index (χ1n) is 10.4. The van der Waals surface area contributed by atoms with Crippen LogP contribution in [0, 0.1) is 31.1 Å². The van der Waals surface area contributed by atoms with Gasteiger partial charge in [-0.15, -0.1) is 0 Å². The van der Waals surface area contributed by atoms with Gasteiger partial charge < -0.3 is 9.80 Å². The molecule has 1 saturated heterocycles. The number of alkyl halides is 3. The molecule has 2 aliphatic rings. The van der Waals surface area contributed by atoms with E-state index in [1.54, 1.807) is 19.2 Å². The number of aromatic nitrogens is 1. The van der Waals surface area contributed by atoms with Crippen molar-refractivity contribution in [2.45, 2.75) is 32.5 Å². The second-order valence-electron chi connectivity index (χ2n) is 8.40. The third kappa shape index (κ3) is 3.88. The van der Waals surface area contributed by atoms with Crippen LogP contribution in [-0.4, -0.2) is 43.0 Å². The number of likely N-dealkylation sites (N-methyl/N-ethyl adjacent to an activating group) is 1. The van der Waals surface area contributed by atoms with Crippen LogP contribution in [0.2, 0.25) is 0 Å². The highest BCUT2D eigenvalue weighted by molar-refractivity contribution is 6.10. The van der Waals surface area contributed by atoms with Gasteiger partial charge in [0.2, 0.25) is 11.8 Å². The Labute approximate surface area is 189 Å². The number of nitrogens with zero attached hydrogens (tertiary/aromatic N) is 5. The fourth-order valence-corrected chi connectivity index (χ4v) is 4.73. The normalized spacial score (nSPS) is 20.8. The molecular weight excluding hydrogens is 435 g/mol. The predicted molar refractivity (Wildman–Crippen MR) is 116 cm³/mol. The Morgan fingerprint density at radius 3 is 2.61 bits per heavy atom. The first-order chi connectivity index (χ1) is 15.5. The van der Waals surface area contributed by atoms with Crippen LogP contribution in [0.3, 0.4) is 0 Å². The molecule has 7 nitrogen and oxygen atoms in total. The lowest BCUT2D eigenvalue weighted by Crippen LogP contribution is -2.52. The number of nitriles is 1. The maximum atomic E-state index is 13.6. The van der Waals surface area contributed by atoms with E-state index >= 15 is 0 Å². The second kappa shape index (κ2) is 8.06. The number of para-hydroxylation sites is 1. The van der Waals surface area contributed by atoms with Crippen LogP contribution in [0.1, 0.15) is 23.2 Å². The largest absolute Gasteiger partial charge is 0.416 e. The van der Waals surface area contributed by atoms with Crippen molar-refractivity contribution in [3.63, 3.8) is 0 Å². The minimum Gasteiger partial charge on any atom is -0.356 e. The van der Waals surface area contributed by atoms with Gasteiger partial charge in [0.1, 0.15) is 18.4 Å². The van der Waals surface area contributed by atoms with E-state index in [0.717, 1.165) is 28.3 Å². The van der Waals surface area contributed by atoms with E-state index in [0.29, 0.717) is 5.69 Å². The maximum absolute atomic E-state index is 13.6. The molecule has 0 spiro atoms. The number of hydrogen-bond donors (Lipinski definition) is 0. The molecule has 10 heteroatoms. The van der Waals surface area contributed by atoms with Crippen molar-refractivity contribution < 1.29 is 22.8 Å². The standard InChI is InChI=1S/C23H22F3N5O2/c1-13-5-4-6-17-20(13)30(8-7-27)12-15-10-19(32)31(21(15)22(33)29(17)3)18-11-16(23(24,25)26)9-14(2)28-18/h4-6,9,11,15,21H,8,10,12H2,1-3H3/t15-,21+/m1/s1. The molecular formula is C23H22F3N5O2. The third-order valence-electron chi connectivity index (χ3n) is 6.14. The zero-order chi connectivity index (χ0) is 24.1. The number of benzene rings is 1. The van der Waals surface area contributed by atoms with Gasteiger partial charge in [-0.05, 0) is 37.6 Å². The summed E-state index contributed by atoms with van der Waals surface area (Å²) in [7, 11) is 1.57. The molecule has 0 unspecified atom stereocenters. The van der Waals surface area contributed by atoms with Gasteiger partial charge >= 0.3 is 6.18 Å². The summed E-state index contributed by atoms with van der Waals surface area (Å²) >= 11 is 0. The highest BCUT2D eigenvalue weighted by Crippen LogP contribution is 2.41. The number of anilines is 3. The number of rotatable bonds is 2. The Morgan fingerprint density at radius 2 is 1.94 bits per heavy atom. The molecule has 2 atom stereocenters. The Morgan fingerprint density at radius 1 is 1.21 bits per heavy atom. The summed E-state index contributed by atoms with van der Waals surface area (Å²) in [5, 5.41) is 9.41. The number of halogens is 3. The zero-order valence-corrected chi connectivity index (χ0v) is 18.3. The predicted octanol–water partition coefficient (Wildman–Crippen LogP) is 3.45. The quantitative estimate of drug-likeness (QED) is 0.646. The van der Waals surface area contributed by atoms with Gasteiger partial charge in [0.05, 0.1) is 23.0 Å². The van der Waals surface area contributed by atoms with E-state index in [4.69, 9.17) is 0 Å².